The Morgan fingerprint density at radius 2 is 2.62 bits per heavy atom. The van der Waals surface area contributed by atoms with E-state index in [0.29, 0.717) is 5.75 Å². The molecule has 0 aliphatic heterocycles. The Balaban J connectivity index is 2.85. The van der Waals surface area contributed by atoms with Crippen molar-refractivity contribution < 1.29 is 4.84 Å². The third-order valence-corrected chi connectivity index (χ3v) is 2.52. The van der Waals surface area contributed by atoms with Gasteiger partial charge in [0.15, 0.2) is 5.13 Å². The standard InChI is InChI=1S/C7H11N3OS2/c1-8-7-9-6(4-13-7)5(3-12)10-11-2/h4,12H,3H2,1-2H3,(H,8,9)/b10-5+. The summed E-state index contributed by atoms with van der Waals surface area (Å²) >= 11 is 5.66. The van der Waals surface area contributed by atoms with Crippen LogP contribution in [0, 0.1) is 0 Å². The smallest absolute Gasteiger partial charge is 0.182 e. The van der Waals surface area contributed by atoms with Gasteiger partial charge < -0.3 is 10.2 Å². The molecule has 0 atom stereocenters. The Labute approximate surface area is 86.4 Å². The first kappa shape index (κ1) is 10.3. The number of nitrogens with one attached hydrogen (secondary N) is 1. The predicted molar refractivity (Wildman–Crippen MR) is 59.1 cm³/mol. The van der Waals surface area contributed by atoms with Crippen molar-refractivity contribution in [2.24, 2.45) is 5.16 Å². The van der Waals surface area contributed by atoms with Crippen LogP contribution in [0.4, 0.5) is 5.13 Å². The second kappa shape index (κ2) is 5.08. The number of anilines is 1. The fourth-order valence-electron chi connectivity index (χ4n) is 0.788. The maximum Gasteiger partial charge on any atom is 0.182 e. The summed E-state index contributed by atoms with van der Waals surface area (Å²) in [7, 11) is 3.34. The molecule has 0 spiro atoms. The van der Waals surface area contributed by atoms with E-state index in [4.69, 9.17) is 0 Å². The van der Waals surface area contributed by atoms with Crippen LogP contribution in [0.15, 0.2) is 10.5 Å². The lowest BCUT2D eigenvalue weighted by Crippen LogP contribution is -2.04. The van der Waals surface area contributed by atoms with Gasteiger partial charge in [0, 0.05) is 18.2 Å². The minimum atomic E-state index is 0.515. The van der Waals surface area contributed by atoms with Gasteiger partial charge in [0.25, 0.3) is 0 Å². The molecule has 4 nitrogen and oxygen atoms in total. The van der Waals surface area contributed by atoms with Crippen LogP contribution in [-0.4, -0.2) is 30.6 Å². The molecular weight excluding hydrogens is 206 g/mol. The van der Waals surface area contributed by atoms with Crippen molar-refractivity contribution in [1.29, 1.82) is 0 Å². The second-order valence-corrected chi connectivity index (χ2v) is 3.34. The predicted octanol–water partition coefficient (Wildman–Crippen LogP) is 1.47. The third-order valence-electron chi connectivity index (χ3n) is 1.36. The molecule has 6 heteroatoms. The molecule has 0 bridgehead atoms. The van der Waals surface area contributed by atoms with Gasteiger partial charge in [0.05, 0.1) is 0 Å². The minimum absolute atomic E-state index is 0.515. The highest BCUT2D eigenvalue weighted by molar-refractivity contribution is 7.81. The Morgan fingerprint density at radius 3 is 3.08 bits per heavy atom. The van der Waals surface area contributed by atoms with Crippen molar-refractivity contribution in [2.75, 3.05) is 25.2 Å². The van der Waals surface area contributed by atoms with Crippen molar-refractivity contribution in [3.05, 3.63) is 11.1 Å². The van der Waals surface area contributed by atoms with Crippen molar-refractivity contribution in [3.63, 3.8) is 0 Å². The Bertz CT molecular complexity index is 298. The van der Waals surface area contributed by atoms with Gasteiger partial charge in [0.2, 0.25) is 0 Å². The molecule has 1 rings (SSSR count). The van der Waals surface area contributed by atoms with E-state index >= 15 is 0 Å². The van der Waals surface area contributed by atoms with Crippen LogP contribution < -0.4 is 5.32 Å². The van der Waals surface area contributed by atoms with Crippen LogP contribution in [0.25, 0.3) is 0 Å². The van der Waals surface area contributed by atoms with Crippen LogP contribution in [0.2, 0.25) is 0 Å². The summed E-state index contributed by atoms with van der Waals surface area (Å²) in [5.74, 6) is 0.515. The molecular formula is C7H11N3OS2. The molecule has 1 heterocycles. The number of rotatable bonds is 4. The highest BCUT2D eigenvalue weighted by Crippen LogP contribution is 2.15. The number of thiazole rings is 1. The molecule has 0 unspecified atom stereocenters. The summed E-state index contributed by atoms with van der Waals surface area (Å²) in [5.41, 5.74) is 1.55. The molecule has 0 aliphatic rings. The molecule has 0 fully saturated rings. The average molecular weight is 217 g/mol. The summed E-state index contributed by atoms with van der Waals surface area (Å²) in [5, 5.41) is 9.55. The number of oxime groups is 1. The van der Waals surface area contributed by atoms with Crippen LogP contribution in [0.1, 0.15) is 5.69 Å². The van der Waals surface area contributed by atoms with Gasteiger partial charge in [-0.05, 0) is 0 Å². The molecule has 0 aromatic carbocycles. The molecule has 1 aromatic heterocycles. The van der Waals surface area contributed by atoms with Crippen LogP contribution in [0.5, 0.6) is 0 Å². The number of aromatic nitrogens is 1. The number of hydrogen-bond donors (Lipinski definition) is 2. The molecule has 0 aliphatic carbocycles. The monoisotopic (exact) mass is 217 g/mol. The van der Waals surface area contributed by atoms with E-state index in [2.05, 4.69) is 32.9 Å². The van der Waals surface area contributed by atoms with Crippen LogP contribution in [-0.2, 0) is 4.84 Å². The highest BCUT2D eigenvalue weighted by atomic mass is 32.1. The molecule has 0 saturated heterocycles. The summed E-state index contributed by atoms with van der Waals surface area (Å²) in [6.07, 6.45) is 0. The van der Waals surface area contributed by atoms with Crippen molar-refractivity contribution in [1.82, 2.24) is 4.98 Å². The topological polar surface area (TPSA) is 46.5 Å². The Hall–Kier alpha value is -0.750. The van der Waals surface area contributed by atoms with Crippen molar-refractivity contribution in [3.8, 4) is 0 Å². The van der Waals surface area contributed by atoms with E-state index in [9.17, 15) is 0 Å². The van der Waals surface area contributed by atoms with Gasteiger partial charge in [-0.2, -0.15) is 12.6 Å². The highest BCUT2D eigenvalue weighted by Gasteiger charge is 2.06. The van der Waals surface area contributed by atoms with E-state index in [-0.39, 0.29) is 0 Å². The zero-order valence-electron chi connectivity index (χ0n) is 7.44. The zero-order valence-corrected chi connectivity index (χ0v) is 9.15. The van der Waals surface area contributed by atoms with Crippen LogP contribution >= 0.6 is 24.0 Å². The molecule has 0 saturated carbocycles. The maximum atomic E-state index is 4.68. The number of nitrogens with zero attached hydrogens (tertiary/aromatic N) is 2. The van der Waals surface area contributed by atoms with Gasteiger partial charge in [-0.3, -0.25) is 0 Å². The molecule has 13 heavy (non-hydrogen) atoms. The molecule has 0 amide bonds. The number of hydrogen-bond acceptors (Lipinski definition) is 6. The number of thiol groups is 1. The summed E-state index contributed by atoms with van der Waals surface area (Å²) in [6.45, 7) is 0. The quantitative estimate of drug-likeness (QED) is 0.456. The second-order valence-electron chi connectivity index (χ2n) is 2.17. The molecule has 72 valence electrons. The van der Waals surface area contributed by atoms with E-state index in [1.54, 1.807) is 0 Å². The summed E-state index contributed by atoms with van der Waals surface area (Å²) in [4.78, 5) is 8.94. The lowest BCUT2D eigenvalue weighted by molar-refractivity contribution is 0.213. The van der Waals surface area contributed by atoms with Gasteiger partial charge in [0.1, 0.15) is 18.5 Å². The minimum Gasteiger partial charge on any atom is -0.399 e. The SMILES string of the molecule is CNc1nc(/C(CS)=N/OC)cs1. The van der Waals surface area contributed by atoms with E-state index < -0.39 is 0 Å². The van der Waals surface area contributed by atoms with E-state index in [1.807, 2.05) is 12.4 Å². The van der Waals surface area contributed by atoms with Gasteiger partial charge in [-0.15, -0.1) is 11.3 Å². The molecule has 1 N–H and O–H groups in total. The van der Waals surface area contributed by atoms with Gasteiger partial charge in [-0.1, -0.05) is 5.16 Å². The fraction of sp³-hybridized carbons (Fsp3) is 0.429. The lowest BCUT2D eigenvalue weighted by atomic mass is 10.3. The van der Waals surface area contributed by atoms with E-state index in [1.165, 1.54) is 18.4 Å². The molecule has 0 radical (unpaired) electrons. The normalized spacial score (nSPS) is 11.5. The lowest BCUT2D eigenvalue weighted by Gasteiger charge is -1.96. The van der Waals surface area contributed by atoms with Gasteiger partial charge in [-0.25, -0.2) is 4.98 Å². The van der Waals surface area contributed by atoms with E-state index in [0.717, 1.165) is 16.5 Å². The fourth-order valence-corrected chi connectivity index (χ4v) is 1.69. The third kappa shape index (κ3) is 2.60. The average Bonchev–Trinajstić information content (AvgIpc) is 2.62. The summed E-state index contributed by atoms with van der Waals surface area (Å²) in [6, 6.07) is 0. The first-order valence-corrected chi connectivity index (χ1v) is 5.17. The van der Waals surface area contributed by atoms with Crippen LogP contribution in [0.3, 0.4) is 0 Å². The Morgan fingerprint density at radius 1 is 1.85 bits per heavy atom. The van der Waals surface area contributed by atoms with Gasteiger partial charge >= 0.3 is 0 Å². The van der Waals surface area contributed by atoms with Crippen molar-refractivity contribution >= 4 is 34.8 Å². The maximum absolute atomic E-state index is 4.68. The van der Waals surface area contributed by atoms with Crippen molar-refractivity contribution in [2.45, 2.75) is 0 Å². The first-order valence-electron chi connectivity index (χ1n) is 3.66. The zero-order chi connectivity index (χ0) is 9.68. The first-order chi connectivity index (χ1) is 6.31. The summed E-state index contributed by atoms with van der Waals surface area (Å²) < 4.78 is 0. The largest absolute Gasteiger partial charge is 0.399 e. The molecule has 1 aromatic rings. The Kier molecular flexibility index (Phi) is 4.04.